The fraction of sp³-hybridized carbons (Fsp3) is 0.174. The van der Waals surface area contributed by atoms with Crippen molar-refractivity contribution in [2.45, 2.75) is 19.1 Å². The number of aromatic nitrogens is 4. The summed E-state index contributed by atoms with van der Waals surface area (Å²) in [6.45, 7) is -0.0243. The number of hydrogen-bond donors (Lipinski definition) is 1. The van der Waals surface area contributed by atoms with E-state index in [0.717, 1.165) is 24.3 Å². The summed E-state index contributed by atoms with van der Waals surface area (Å²) in [6, 6.07) is 4.53. The average Bonchev–Trinajstić information content (AvgIpc) is 3.38. The van der Waals surface area contributed by atoms with E-state index in [9.17, 15) is 31.5 Å². The highest BCUT2D eigenvalue weighted by molar-refractivity contribution is 6.16. The molecule has 0 amide bonds. The first-order valence-corrected chi connectivity index (χ1v) is 10.1. The molecule has 6 nitrogen and oxygen atoms in total. The predicted molar refractivity (Wildman–Crippen MR) is 112 cm³/mol. The van der Waals surface area contributed by atoms with Gasteiger partial charge in [-0.15, -0.1) is 0 Å². The number of fused-ring (bicyclic) bond motifs is 2. The van der Waals surface area contributed by atoms with Crippen molar-refractivity contribution < 1.29 is 26.7 Å². The number of nitrogens with one attached hydrogen (secondary N) is 1. The van der Waals surface area contributed by atoms with Crippen LogP contribution in [0.1, 0.15) is 27.4 Å². The van der Waals surface area contributed by atoms with Gasteiger partial charge in [0.05, 0.1) is 23.7 Å². The average molecular weight is 474 g/mol. The molecule has 0 spiro atoms. The smallest absolute Gasteiger partial charge is 0.356 e. The fourth-order valence-corrected chi connectivity index (χ4v) is 4.03. The molecule has 0 fully saturated rings. The van der Waals surface area contributed by atoms with Gasteiger partial charge in [-0.25, -0.2) is 13.8 Å². The number of H-pyrrole nitrogens is 1. The number of rotatable bonds is 4. The second-order valence-corrected chi connectivity index (χ2v) is 7.92. The molecule has 1 N–H and O–H groups in total. The molecule has 0 bridgehead atoms. The van der Waals surface area contributed by atoms with Gasteiger partial charge >= 0.3 is 6.18 Å². The molecule has 0 radical (unpaired) electrons. The monoisotopic (exact) mass is 474 g/mol. The van der Waals surface area contributed by atoms with Crippen molar-refractivity contribution in [3.05, 3.63) is 93.6 Å². The van der Waals surface area contributed by atoms with Crippen LogP contribution in [0.25, 0.3) is 17.1 Å². The molecule has 1 aliphatic rings. The Morgan fingerprint density at radius 1 is 1.18 bits per heavy atom. The normalized spacial score (nSPS) is 15.6. The van der Waals surface area contributed by atoms with Crippen LogP contribution in [0, 0.1) is 17.6 Å². The molecule has 0 saturated carbocycles. The number of nitrogens with zero attached hydrogens (tertiary/aromatic N) is 3. The number of benzene rings is 1. The molecule has 0 saturated heterocycles. The fourth-order valence-electron chi connectivity index (χ4n) is 4.03. The zero-order chi connectivity index (χ0) is 24.2. The quantitative estimate of drug-likeness (QED) is 0.354. The van der Waals surface area contributed by atoms with Crippen LogP contribution in [0.4, 0.5) is 22.0 Å². The van der Waals surface area contributed by atoms with Crippen molar-refractivity contribution >= 4 is 22.9 Å². The van der Waals surface area contributed by atoms with Crippen molar-refractivity contribution in [3.8, 4) is 0 Å². The van der Waals surface area contributed by atoms with Crippen LogP contribution >= 0.6 is 0 Å². The molecular weight excluding hydrogens is 459 g/mol. The van der Waals surface area contributed by atoms with E-state index in [4.69, 9.17) is 0 Å². The van der Waals surface area contributed by atoms with Crippen LogP contribution in [0.5, 0.6) is 0 Å². The molecule has 3 aromatic heterocycles. The molecule has 1 atom stereocenters. The standard InChI is InChI=1S/C23H15F5N4O2/c24-16-2-1-3-17(25)19(16)21(33)15-9-29-20-14(15)5-7-32(22(20)34)11-13-10-31-6-4-12(23(26,27)28)8-18(31)30-13/h1-7,9-10,12,29H,8,11H2. The van der Waals surface area contributed by atoms with Gasteiger partial charge in [-0.1, -0.05) is 12.1 Å². The molecule has 1 unspecified atom stereocenters. The lowest BCUT2D eigenvalue weighted by molar-refractivity contribution is -0.161. The maximum atomic E-state index is 14.1. The third-order valence-corrected chi connectivity index (χ3v) is 5.74. The number of imidazole rings is 1. The maximum Gasteiger partial charge on any atom is 0.395 e. The molecule has 34 heavy (non-hydrogen) atoms. The highest BCUT2D eigenvalue weighted by atomic mass is 19.4. The number of aromatic amines is 1. The maximum absolute atomic E-state index is 14.1. The summed E-state index contributed by atoms with van der Waals surface area (Å²) >= 11 is 0. The van der Waals surface area contributed by atoms with Gasteiger partial charge in [0, 0.05) is 42.2 Å². The number of allylic oxidation sites excluding steroid dienone is 1. The summed E-state index contributed by atoms with van der Waals surface area (Å²) in [4.78, 5) is 32.6. The molecule has 4 heterocycles. The molecule has 1 aliphatic heterocycles. The van der Waals surface area contributed by atoms with E-state index < -0.39 is 40.6 Å². The minimum absolute atomic E-state index is 0.0243. The van der Waals surface area contributed by atoms with Crippen molar-refractivity contribution in [3.63, 3.8) is 0 Å². The van der Waals surface area contributed by atoms with E-state index in [1.165, 1.54) is 33.8 Å². The van der Waals surface area contributed by atoms with Gasteiger partial charge in [0.1, 0.15) is 23.0 Å². The number of carbonyl (C=O) groups excluding carboxylic acids is 1. The number of carbonyl (C=O) groups is 1. The number of halogens is 5. The van der Waals surface area contributed by atoms with Crippen LogP contribution in [-0.4, -0.2) is 31.1 Å². The number of ketones is 1. The SMILES string of the molecule is O=C(c1c(F)cccc1F)c1c[nH]c2c(=O)n(Cc3cn4c(n3)CC(C(F)(F)F)C=C4)ccc12. The Kier molecular flexibility index (Phi) is 4.99. The Morgan fingerprint density at radius 2 is 1.91 bits per heavy atom. The van der Waals surface area contributed by atoms with Gasteiger partial charge in [-0.2, -0.15) is 13.2 Å². The third-order valence-electron chi connectivity index (χ3n) is 5.74. The summed E-state index contributed by atoms with van der Waals surface area (Å²) in [6.07, 6.45) is 1.82. The summed E-state index contributed by atoms with van der Waals surface area (Å²) < 4.78 is 69.9. The van der Waals surface area contributed by atoms with E-state index >= 15 is 0 Å². The van der Waals surface area contributed by atoms with Gasteiger partial charge in [-0.3, -0.25) is 9.59 Å². The lowest BCUT2D eigenvalue weighted by Gasteiger charge is -2.19. The number of hydrogen-bond acceptors (Lipinski definition) is 3. The van der Waals surface area contributed by atoms with Crippen molar-refractivity contribution in [2.75, 3.05) is 0 Å². The first-order chi connectivity index (χ1) is 16.1. The zero-order valence-electron chi connectivity index (χ0n) is 17.2. The van der Waals surface area contributed by atoms with Gasteiger partial charge in [0.15, 0.2) is 0 Å². The van der Waals surface area contributed by atoms with E-state index in [2.05, 4.69) is 9.97 Å². The second kappa shape index (κ2) is 7.79. The van der Waals surface area contributed by atoms with E-state index in [1.807, 2.05) is 0 Å². The highest BCUT2D eigenvalue weighted by Crippen LogP contribution is 2.32. The summed E-state index contributed by atoms with van der Waals surface area (Å²) in [7, 11) is 0. The van der Waals surface area contributed by atoms with Crippen LogP contribution in [0.15, 0.2) is 53.7 Å². The minimum atomic E-state index is -4.37. The van der Waals surface area contributed by atoms with Crippen molar-refractivity contribution in [2.24, 2.45) is 5.92 Å². The Balaban J connectivity index is 1.45. The number of alkyl halides is 3. The van der Waals surface area contributed by atoms with Crippen molar-refractivity contribution in [1.82, 2.24) is 19.1 Å². The van der Waals surface area contributed by atoms with Crippen LogP contribution in [0.3, 0.4) is 0 Å². The summed E-state index contributed by atoms with van der Waals surface area (Å²) in [5.74, 6) is -4.33. The van der Waals surface area contributed by atoms with Crippen LogP contribution in [-0.2, 0) is 13.0 Å². The van der Waals surface area contributed by atoms with Crippen molar-refractivity contribution in [1.29, 1.82) is 0 Å². The molecule has 11 heteroatoms. The topological polar surface area (TPSA) is 72.7 Å². The Morgan fingerprint density at radius 3 is 2.62 bits per heavy atom. The Labute approximate surface area is 188 Å². The van der Waals surface area contributed by atoms with E-state index in [0.29, 0.717) is 5.69 Å². The van der Waals surface area contributed by atoms with E-state index in [1.54, 1.807) is 6.20 Å². The first kappa shape index (κ1) is 21.8. The highest BCUT2D eigenvalue weighted by Gasteiger charge is 2.40. The summed E-state index contributed by atoms with van der Waals surface area (Å²) in [5, 5.41) is 0.189. The predicted octanol–water partition coefficient (Wildman–Crippen LogP) is 4.29. The van der Waals surface area contributed by atoms with Gasteiger partial charge in [0.2, 0.25) is 5.78 Å². The molecule has 5 rings (SSSR count). The molecule has 4 aromatic rings. The molecule has 174 valence electrons. The lowest BCUT2D eigenvalue weighted by Crippen LogP contribution is -2.26. The number of pyridine rings is 1. The summed E-state index contributed by atoms with van der Waals surface area (Å²) in [5.41, 5.74) is -0.894. The van der Waals surface area contributed by atoms with E-state index in [-0.39, 0.29) is 35.3 Å². The Hall–Kier alpha value is -4.02. The molecule has 1 aromatic carbocycles. The van der Waals surface area contributed by atoms with Crippen LogP contribution < -0.4 is 5.56 Å². The molecule has 0 aliphatic carbocycles. The lowest BCUT2D eigenvalue weighted by atomic mass is 10.0. The minimum Gasteiger partial charge on any atom is -0.356 e. The van der Waals surface area contributed by atoms with Gasteiger partial charge < -0.3 is 14.1 Å². The zero-order valence-corrected chi connectivity index (χ0v) is 17.2. The van der Waals surface area contributed by atoms with Crippen LogP contribution in [0.2, 0.25) is 0 Å². The van der Waals surface area contributed by atoms with Gasteiger partial charge in [0.25, 0.3) is 5.56 Å². The largest absolute Gasteiger partial charge is 0.395 e. The Bertz CT molecular complexity index is 1510. The molecular formula is C23H15F5N4O2. The third kappa shape index (κ3) is 3.62. The second-order valence-electron chi connectivity index (χ2n) is 7.92. The first-order valence-electron chi connectivity index (χ1n) is 10.1. The van der Waals surface area contributed by atoms with Gasteiger partial charge in [-0.05, 0) is 18.2 Å².